The number of carbonyl (C=O) groups is 3. The van der Waals surface area contributed by atoms with Gasteiger partial charge in [0.25, 0.3) is 0 Å². The molecule has 0 aromatic carbocycles. The minimum Gasteiger partial charge on any atom is -0.465 e. The molecule has 0 amide bonds. The van der Waals surface area contributed by atoms with E-state index in [2.05, 4.69) is 102 Å². The molecule has 0 heterocycles. The summed E-state index contributed by atoms with van der Waals surface area (Å²) in [5, 5.41) is 0. The van der Waals surface area contributed by atoms with Gasteiger partial charge in [-0.25, -0.2) is 0 Å². The molecule has 0 radical (unpaired) electrons. The highest BCUT2D eigenvalue weighted by molar-refractivity contribution is 5.70. The van der Waals surface area contributed by atoms with Crippen molar-refractivity contribution in [2.45, 2.75) is 218 Å². The van der Waals surface area contributed by atoms with E-state index in [9.17, 15) is 14.4 Å². The Hall–Kier alpha value is -1.67. The Bertz CT molecular complexity index is 967. The van der Waals surface area contributed by atoms with E-state index >= 15 is 0 Å². The summed E-state index contributed by atoms with van der Waals surface area (Å²) < 4.78 is 17.6. The van der Waals surface area contributed by atoms with Crippen LogP contribution in [0, 0.1) is 46.3 Å². The Balaban J connectivity index is 0. The molecular formula is C49H98N2O6. The first-order valence-corrected chi connectivity index (χ1v) is 23.3. The second-order valence-corrected chi connectivity index (χ2v) is 21.0. The zero-order chi connectivity index (χ0) is 42.7. The maximum atomic E-state index is 13.3. The Kier molecular flexibility index (Phi) is 32.4. The van der Waals surface area contributed by atoms with E-state index in [0.717, 1.165) is 103 Å². The molecule has 0 aliphatic carbocycles. The van der Waals surface area contributed by atoms with E-state index in [-0.39, 0.29) is 41.0 Å². The quantitative estimate of drug-likeness (QED) is 0.0382. The molecule has 0 spiro atoms. The number of esters is 3. The lowest BCUT2D eigenvalue weighted by atomic mass is 9.73. The molecule has 0 bridgehead atoms. The molecule has 0 aliphatic rings. The second kappa shape index (κ2) is 32.1. The van der Waals surface area contributed by atoms with Gasteiger partial charge in [-0.3, -0.25) is 14.4 Å². The highest BCUT2D eigenvalue weighted by Crippen LogP contribution is 2.37. The Morgan fingerprint density at radius 3 is 1.26 bits per heavy atom. The topological polar surface area (TPSA) is 117 Å². The first-order valence-electron chi connectivity index (χ1n) is 23.3. The average Bonchev–Trinajstić information content (AvgIpc) is 3.04. The molecule has 0 aromatic rings. The minimum absolute atomic E-state index is 0. The van der Waals surface area contributed by atoms with Gasteiger partial charge in [0.15, 0.2) is 0 Å². The van der Waals surface area contributed by atoms with Crippen LogP contribution in [0.4, 0.5) is 0 Å². The van der Waals surface area contributed by atoms with Crippen molar-refractivity contribution in [1.82, 2.24) is 11.1 Å². The van der Waals surface area contributed by atoms with Gasteiger partial charge >= 0.3 is 17.9 Å². The third kappa shape index (κ3) is 33.8. The van der Waals surface area contributed by atoms with Gasteiger partial charge in [-0.15, -0.1) is 0 Å². The van der Waals surface area contributed by atoms with E-state index in [0.29, 0.717) is 68.0 Å². The Morgan fingerprint density at radius 1 is 0.509 bits per heavy atom. The fourth-order valence-corrected chi connectivity index (χ4v) is 8.35. The van der Waals surface area contributed by atoms with Crippen LogP contribution in [0.5, 0.6) is 0 Å². The summed E-state index contributed by atoms with van der Waals surface area (Å²) in [4.78, 5) is 40.4. The van der Waals surface area contributed by atoms with Crippen molar-refractivity contribution in [2.24, 2.45) is 46.3 Å². The number of carbonyl (C=O) groups excluding carboxylic acids is 3. The van der Waals surface area contributed by atoms with E-state index in [4.69, 9.17) is 14.2 Å². The lowest BCUT2D eigenvalue weighted by molar-refractivity contribution is -0.153. The van der Waals surface area contributed by atoms with Crippen LogP contribution < -0.4 is 6.15 Å². The number of ether oxygens (including phenoxy) is 3. The van der Waals surface area contributed by atoms with E-state index in [1.54, 1.807) is 0 Å². The van der Waals surface area contributed by atoms with Gasteiger partial charge in [-0.2, -0.15) is 0 Å². The largest absolute Gasteiger partial charge is 0.465 e. The summed E-state index contributed by atoms with van der Waals surface area (Å²) in [5.74, 6) is 3.05. The van der Waals surface area contributed by atoms with Gasteiger partial charge in [-0.1, -0.05) is 134 Å². The van der Waals surface area contributed by atoms with Crippen LogP contribution in [-0.2, 0) is 28.6 Å². The van der Waals surface area contributed by atoms with Crippen molar-refractivity contribution in [3.05, 3.63) is 0 Å². The maximum absolute atomic E-state index is 13.3. The van der Waals surface area contributed by atoms with Crippen LogP contribution in [0.2, 0.25) is 0 Å². The zero-order valence-corrected chi connectivity index (χ0v) is 40.4. The predicted octanol–water partition coefficient (Wildman–Crippen LogP) is 13.4. The standard InChI is InChI=1S/C49H95NO6.H3N/c1-38(2)29-31-42(40(5)6)34-54-45(51)27-23-19-15-17-21-25-44(56-47(53)33-48(9,10)36-49(11,12)37-50(13)14)26-22-18-16-20-24-28-46(52)55-35-43(41(7)8)32-30-39(3)4;/h38-44H,15-37H2,1-14H3;1H3. The average molecular weight is 811 g/mol. The maximum Gasteiger partial charge on any atom is 0.306 e. The van der Waals surface area contributed by atoms with Gasteiger partial charge in [0.2, 0.25) is 0 Å². The first kappa shape index (κ1) is 57.4. The summed E-state index contributed by atoms with van der Waals surface area (Å²) >= 11 is 0. The Morgan fingerprint density at radius 2 is 0.895 bits per heavy atom. The van der Waals surface area contributed by atoms with Crippen molar-refractivity contribution in [1.29, 1.82) is 0 Å². The van der Waals surface area contributed by atoms with Crippen LogP contribution in [0.1, 0.15) is 212 Å². The normalized spacial score (nSPS) is 13.9. The van der Waals surface area contributed by atoms with E-state index in [1.807, 2.05) is 0 Å². The summed E-state index contributed by atoms with van der Waals surface area (Å²) in [6.07, 6.45) is 18.7. The Labute approximate surface area is 354 Å². The number of hydrogen-bond donors (Lipinski definition) is 1. The van der Waals surface area contributed by atoms with Crippen molar-refractivity contribution in [2.75, 3.05) is 33.9 Å². The number of rotatable bonds is 35. The number of unbranched alkanes of at least 4 members (excludes halogenated alkanes) is 8. The third-order valence-electron chi connectivity index (χ3n) is 11.5. The number of nitrogens with zero attached hydrogens (tertiary/aromatic N) is 1. The molecule has 3 N–H and O–H groups in total. The molecule has 8 nitrogen and oxygen atoms in total. The van der Waals surface area contributed by atoms with Crippen molar-refractivity contribution < 1.29 is 28.6 Å². The minimum atomic E-state index is -0.142. The van der Waals surface area contributed by atoms with E-state index in [1.165, 1.54) is 12.8 Å². The zero-order valence-electron chi connectivity index (χ0n) is 40.4. The smallest absolute Gasteiger partial charge is 0.306 e. The van der Waals surface area contributed by atoms with Gasteiger partial charge in [0.05, 0.1) is 19.6 Å². The van der Waals surface area contributed by atoms with Crippen LogP contribution >= 0.6 is 0 Å². The highest BCUT2D eigenvalue weighted by Gasteiger charge is 2.32. The third-order valence-corrected chi connectivity index (χ3v) is 11.5. The number of hydrogen-bond acceptors (Lipinski definition) is 8. The fourth-order valence-electron chi connectivity index (χ4n) is 8.35. The summed E-state index contributed by atoms with van der Waals surface area (Å²) in [6.45, 7) is 28.9. The van der Waals surface area contributed by atoms with Gasteiger partial charge in [0.1, 0.15) is 6.10 Å². The van der Waals surface area contributed by atoms with Crippen LogP contribution in [-0.4, -0.2) is 62.8 Å². The molecule has 0 rings (SSSR count). The molecule has 57 heavy (non-hydrogen) atoms. The molecule has 0 aliphatic heterocycles. The predicted molar refractivity (Wildman–Crippen MR) is 242 cm³/mol. The first-order chi connectivity index (χ1) is 26.1. The van der Waals surface area contributed by atoms with Crippen LogP contribution in [0.25, 0.3) is 0 Å². The van der Waals surface area contributed by atoms with Gasteiger partial charge in [0, 0.05) is 19.4 Å². The van der Waals surface area contributed by atoms with Gasteiger partial charge < -0.3 is 25.3 Å². The molecule has 340 valence electrons. The van der Waals surface area contributed by atoms with Crippen LogP contribution in [0.3, 0.4) is 0 Å². The lowest BCUT2D eigenvalue weighted by Gasteiger charge is -2.36. The van der Waals surface area contributed by atoms with Crippen molar-refractivity contribution >= 4 is 17.9 Å². The summed E-state index contributed by atoms with van der Waals surface area (Å²) in [7, 11) is 4.21. The van der Waals surface area contributed by atoms with Crippen molar-refractivity contribution in [3.8, 4) is 0 Å². The molecule has 0 saturated heterocycles. The highest BCUT2D eigenvalue weighted by atomic mass is 16.5. The van der Waals surface area contributed by atoms with Crippen LogP contribution in [0.15, 0.2) is 0 Å². The second-order valence-electron chi connectivity index (χ2n) is 21.0. The van der Waals surface area contributed by atoms with E-state index < -0.39 is 0 Å². The fraction of sp³-hybridized carbons (Fsp3) is 0.939. The van der Waals surface area contributed by atoms with Gasteiger partial charge in [-0.05, 0) is 118 Å². The molecule has 0 aromatic heterocycles. The molecule has 0 saturated carbocycles. The van der Waals surface area contributed by atoms with Crippen molar-refractivity contribution in [3.63, 3.8) is 0 Å². The molecule has 8 heteroatoms. The molecule has 2 atom stereocenters. The monoisotopic (exact) mass is 811 g/mol. The summed E-state index contributed by atoms with van der Waals surface area (Å²) in [5.41, 5.74) is -0.0366. The molecule has 0 fully saturated rings. The SMILES string of the molecule is CC(C)CCC(COC(=O)CCCCCCCC(CCCCCCCC(=O)OCC(CCC(C)C)C(C)C)OC(=O)CC(C)(C)CC(C)(C)CN(C)C)C(C)C.N. The molecular weight excluding hydrogens is 713 g/mol. The summed E-state index contributed by atoms with van der Waals surface area (Å²) in [6, 6.07) is 0. The molecule has 2 unspecified atom stereocenters. The lowest BCUT2D eigenvalue weighted by Crippen LogP contribution is -2.34.